The molecule has 53 valence electrons. The molecule has 0 aliphatic carbocycles. The highest BCUT2D eigenvalue weighted by molar-refractivity contribution is 4.67. The minimum atomic E-state index is -0.481. The van der Waals surface area contributed by atoms with E-state index < -0.39 is 6.23 Å². The zero-order chi connectivity index (χ0) is 6.69. The molecule has 0 aromatic carbocycles. The van der Waals surface area contributed by atoms with Gasteiger partial charge in [-0.2, -0.15) is 0 Å². The van der Waals surface area contributed by atoms with Gasteiger partial charge >= 0.3 is 0 Å². The van der Waals surface area contributed by atoms with Crippen LogP contribution in [0.1, 0.15) is 19.3 Å². The summed E-state index contributed by atoms with van der Waals surface area (Å²) in [7, 11) is 0. The van der Waals surface area contributed by atoms with Crippen LogP contribution in [-0.4, -0.2) is 29.3 Å². The third-order valence-electron chi connectivity index (χ3n) is 1.81. The molecule has 1 fully saturated rings. The second-order valence-electron chi connectivity index (χ2n) is 2.58. The lowest BCUT2D eigenvalue weighted by atomic mass is 10.1. The van der Waals surface area contributed by atoms with E-state index in [1.807, 2.05) is 4.90 Å². The van der Waals surface area contributed by atoms with Gasteiger partial charge in [0.25, 0.3) is 0 Å². The number of rotatable bonds is 1. The van der Waals surface area contributed by atoms with E-state index >= 15 is 0 Å². The maximum Gasteiger partial charge on any atom is 0.107 e. The zero-order valence-electron chi connectivity index (χ0n) is 5.71. The van der Waals surface area contributed by atoms with Crippen molar-refractivity contribution < 1.29 is 5.11 Å². The van der Waals surface area contributed by atoms with Crippen LogP contribution >= 0.6 is 0 Å². The molecule has 1 aliphatic heterocycles. The van der Waals surface area contributed by atoms with E-state index in [1.54, 1.807) is 0 Å². The largest absolute Gasteiger partial charge is 0.378 e. The summed E-state index contributed by atoms with van der Waals surface area (Å²) in [4.78, 5) is 2.00. The Kier molecular flexibility index (Phi) is 2.49. The second-order valence-corrected chi connectivity index (χ2v) is 2.58. The van der Waals surface area contributed by atoms with Crippen molar-refractivity contribution in [2.24, 2.45) is 0 Å². The predicted molar refractivity (Wildman–Crippen MR) is 36.8 cm³/mol. The smallest absolute Gasteiger partial charge is 0.107 e. The van der Waals surface area contributed by atoms with E-state index in [4.69, 9.17) is 5.11 Å². The first-order chi connectivity index (χ1) is 4.30. The number of aliphatic hydroxyl groups is 1. The van der Waals surface area contributed by atoms with Crippen LogP contribution in [0.15, 0.2) is 0 Å². The van der Waals surface area contributed by atoms with E-state index in [0.29, 0.717) is 0 Å². The lowest BCUT2D eigenvalue weighted by molar-refractivity contribution is 0.0261. The molecular formula is C7H14NO. The van der Waals surface area contributed by atoms with Crippen molar-refractivity contribution in [2.45, 2.75) is 25.5 Å². The number of aliphatic hydroxyl groups excluding tert-OH is 1. The molecule has 1 rings (SSSR count). The Morgan fingerprint density at radius 2 is 1.78 bits per heavy atom. The van der Waals surface area contributed by atoms with Gasteiger partial charge in [-0.05, 0) is 19.8 Å². The minimum Gasteiger partial charge on any atom is -0.378 e. The quantitative estimate of drug-likeness (QED) is 0.559. The molecule has 0 aromatic heterocycles. The van der Waals surface area contributed by atoms with Crippen molar-refractivity contribution in [3.8, 4) is 0 Å². The Morgan fingerprint density at radius 1 is 1.22 bits per heavy atom. The molecule has 1 heterocycles. The lowest BCUT2D eigenvalue weighted by Crippen LogP contribution is -2.37. The number of nitrogens with zero attached hydrogens (tertiary/aromatic N) is 1. The molecule has 1 radical (unpaired) electrons. The highest BCUT2D eigenvalue weighted by Gasteiger charge is 2.13. The van der Waals surface area contributed by atoms with Crippen molar-refractivity contribution in [3.05, 3.63) is 6.92 Å². The summed E-state index contributed by atoms with van der Waals surface area (Å²) in [6.07, 6.45) is 3.26. The number of hydrogen-bond donors (Lipinski definition) is 1. The number of hydrogen-bond acceptors (Lipinski definition) is 2. The van der Waals surface area contributed by atoms with E-state index in [1.165, 1.54) is 19.3 Å². The number of likely N-dealkylation sites (tertiary alicyclic amines) is 1. The van der Waals surface area contributed by atoms with Gasteiger partial charge in [0.05, 0.1) is 0 Å². The van der Waals surface area contributed by atoms with Crippen LogP contribution in [0.4, 0.5) is 0 Å². The molecule has 0 aromatic rings. The van der Waals surface area contributed by atoms with Crippen LogP contribution in [0.25, 0.3) is 0 Å². The molecule has 0 bridgehead atoms. The average molecular weight is 128 g/mol. The predicted octanol–water partition coefficient (Wildman–Crippen LogP) is 0.625. The highest BCUT2D eigenvalue weighted by atomic mass is 16.3. The van der Waals surface area contributed by atoms with Crippen LogP contribution in [-0.2, 0) is 0 Å². The molecule has 1 aliphatic rings. The molecule has 2 nitrogen and oxygen atoms in total. The molecule has 1 saturated heterocycles. The summed E-state index contributed by atoms with van der Waals surface area (Å²) >= 11 is 0. The van der Waals surface area contributed by atoms with Crippen LogP contribution in [0.3, 0.4) is 0 Å². The standard InChI is InChI=1S/C7H14NO/c1-7(9)8-5-3-2-4-6-8/h7,9H,1-6H2. The van der Waals surface area contributed by atoms with Crippen molar-refractivity contribution in [3.63, 3.8) is 0 Å². The summed E-state index contributed by atoms with van der Waals surface area (Å²) < 4.78 is 0. The molecule has 1 N–H and O–H groups in total. The minimum absolute atomic E-state index is 0.481. The first-order valence-electron chi connectivity index (χ1n) is 3.56. The number of piperidine rings is 1. The van der Waals surface area contributed by atoms with Gasteiger partial charge in [-0.3, -0.25) is 4.90 Å². The van der Waals surface area contributed by atoms with Gasteiger partial charge in [0.1, 0.15) is 6.23 Å². The van der Waals surface area contributed by atoms with Gasteiger partial charge in [0.2, 0.25) is 0 Å². The molecule has 2 heteroatoms. The Balaban J connectivity index is 2.23. The Morgan fingerprint density at radius 3 is 2.11 bits per heavy atom. The molecule has 0 spiro atoms. The van der Waals surface area contributed by atoms with Crippen molar-refractivity contribution in [2.75, 3.05) is 13.1 Å². The Bertz CT molecular complexity index is 77.0. The van der Waals surface area contributed by atoms with E-state index in [0.717, 1.165) is 13.1 Å². The van der Waals surface area contributed by atoms with Gasteiger partial charge in [-0.15, -0.1) is 0 Å². The SMILES string of the molecule is [CH2]C(O)N1CCCCC1. The van der Waals surface area contributed by atoms with Crippen molar-refractivity contribution >= 4 is 0 Å². The van der Waals surface area contributed by atoms with Crippen LogP contribution in [0.2, 0.25) is 0 Å². The Hall–Kier alpha value is -0.0800. The van der Waals surface area contributed by atoms with E-state index in [9.17, 15) is 0 Å². The van der Waals surface area contributed by atoms with Crippen LogP contribution in [0.5, 0.6) is 0 Å². The first kappa shape index (κ1) is 7.03. The lowest BCUT2D eigenvalue weighted by Gasteiger charge is -2.28. The summed E-state index contributed by atoms with van der Waals surface area (Å²) in [5.41, 5.74) is 0. The topological polar surface area (TPSA) is 23.5 Å². The fourth-order valence-corrected chi connectivity index (χ4v) is 1.22. The maximum atomic E-state index is 8.99. The highest BCUT2D eigenvalue weighted by Crippen LogP contribution is 2.09. The molecule has 0 amide bonds. The summed E-state index contributed by atoms with van der Waals surface area (Å²) in [5.74, 6) is 0. The third-order valence-corrected chi connectivity index (χ3v) is 1.81. The van der Waals surface area contributed by atoms with Crippen LogP contribution in [0, 0.1) is 6.92 Å². The summed E-state index contributed by atoms with van der Waals surface area (Å²) in [6, 6.07) is 0. The first-order valence-corrected chi connectivity index (χ1v) is 3.56. The fraction of sp³-hybridized carbons (Fsp3) is 0.857. The normalized spacial score (nSPS) is 26.0. The Labute approximate surface area is 56.5 Å². The van der Waals surface area contributed by atoms with E-state index in [-0.39, 0.29) is 0 Å². The van der Waals surface area contributed by atoms with Gasteiger partial charge in [-0.25, -0.2) is 0 Å². The van der Waals surface area contributed by atoms with Crippen molar-refractivity contribution in [1.29, 1.82) is 0 Å². The fourth-order valence-electron chi connectivity index (χ4n) is 1.22. The van der Waals surface area contributed by atoms with Gasteiger partial charge in [0, 0.05) is 13.1 Å². The molecule has 9 heavy (non-hydrogen) atoms. The van der Waals surface area contributed by atoms with Crippen LogP contribution < -0.4 is 0 Å². The molecular weight excluding hydrogens is 114 g/mol. The molecule has 1 unspecified atom stereocenters. The van der Waals surface area contributed by atoms with E-state index in [2.05, 4.69) is 6.92 Å². The average Bonchev–Trinajstić information content (AvgIpc) is 1.90. The third kappa shape index (κ3) is 1.95. The van der Waals surface area contributed by atoms with Gasteiger partial charge < -0.3 is 5.11 Å². The summed E-state index contributed by atoms with van der Waals surface area (Å²) in [6.45, 7) is 5.58. The van der Waals surface area contributed by atoms with Crippen molar-refractivity contribution in [1.82, 2.24) is 4.90 Å². The molecule has 1 atom stereocenters. The zero-order valence-corrected chi connectivity index (χ0v) is 5.71. The van der Waals surface area contributed by atoms with Gasteiger partial charge in [-0.1, -0.05) is 6.42 Å². The maximum absolute atomic E-state index is 8.99. The monoisotopic (exact) mass is 128 g/mol. The molecule has 0 saturated carbocycles. The van der Waals surface area contributed by atoms with Gasteiger partial charge in [0.15, 0.2) is 0 Å². The second kappa shape index (κ2) is 3.18. The summed E-state index contributed by atoms with van der Waals surface area (Å²) in [5, 5.41) is 8.99.